The van der Waals surface area contributed by atoms with E-state index in [1.54, 1.807) is 0 Å². The third-order valence-corrected chi connectivity index (χ3v) is 3.25. The van der Waals surface area contributed by atoms with Crippen molar-refractivity contribution >= 4 is 5.78 Å². The number of benzene rings is 2. The molecule has 3 rings (SSSR count). The minimum atomic E-state index is -0.0268. The minimum absolute atomic E-state index is 0.0268. The number of hydrogen-bond donors (Lipinski definition) is 0. The number of ketones is 1. The molecule has 0 saturated heterocycles. The van der Waals surface area contributed by atoms with Crippen molar-refractivity contribution in [3.8, 4) is 5.69 Å². The molecule has 4 heteroatoms. The monoisotopic (exact) mass is 277 g/mol. The Morgan fingerprint density at radius 2 is 1.76 bits per heavy atom. The van der Waals surface area contributed by atoms with Crippen molar-refractivity contribution in [3.05, 3.63) is 77.6 Å². The van der Waals surface area contributed by atoms with Crippen molar-refractivity contribution in [1.29, 1.82) is 0 Å². The molecule has 0 radical (unpaired) electrons. The normalized spacial score (nSPS) is 10.5. The Kier molecular flexibility index (Phi) is 3.60. The van der Waals surface area contributed by atoms with Gasteiger partial charge in [0.15, 0.2) is 5.78 Å². The first-order valence-corrected chi connectivity index (χ1v) is 6.79. The van der Waals surface area contributed by atoms with Gasteiger partial charge in [0.2, 0.25) is 0 Å². The number of aromatic nitrogens is 3. The number of carbonyl (C=O) groups excluding carboxylic acids is 1. The van der Waals surface area contributed by atoms with Gasteiger partial charge in [0.05, 0.1) is 11.9 Å². The first kappa shape index (κ1) is 13.2. The van der Waals surface area contributed by atoms with Crippen LogP contribution in [0.5, 0.6) is 0 Å². The van der Waals surface area contributed by atoms with E-state index < -0.39 is 0 Å². The lowest BCUT2D eigenvalue weighted by atomic mass is 10.1. The Hall–Kier alpha value is -2.75. The van der Waals surface area contributed by atoms with Crippen LogP contribution in [0.4, 0.5) is 0 Å². The second kappa shape index (κ2) is 5.71. The largest absolute Gasteiger partial charge is 0.292 e. The van der Waals surface area contributed by atoms with E-state index in [1.807, 2.05) is 61.5 Å². The third-order valence-electron chi connectivity index (χ3n) is 3.25. The van der Waals surface area contributed by atoms with Crippen molar-refractivity contribution < 1.29 is 4.79 Å². The van der Waals surface area contributed by atoms with E-state index in [0.29, 0.717) is 12.1 Å². The summed E-state index contributed by atoms with van der Waals surface area (Å²) in [6.45, 7) is 2.02. The highest BCUT2D eigenvalue weighted by molar-refractivity contribution is 5.95. The minimum Gasteiger partial charge on any atom is -0.292 e. The van der Waals surface area contributed by atoms with Crippen LogP contribution in [0.2, 0.25) is 0 Å². The summed E-state index contributed by atoms with van der Waals surface area (Å²) in [5.41, 5.74) is 3.40. The first-order valence-electron chi connectivity index (χ1n) is 6.79. The predicted octanol–water partition coefficient (Wildman–Crippen LogP) is 3.00. The topological polar surface area (TPSA) is 47.8 Å². The van der Waals surface area contributed by atoms with E-state index in [9.17, 15) is 4.79 Å². The van der Waals surface area contributed by atoms with E-state index in [-0.39, 0.29) is 5.78 Å². The van der Waals surface area contributed by atoms with Crippen molar-refractivity contribution in [2.45, 2.75) is 13.3 Å². The fourth-order valence-corrected chi connectivity index (χ4v) is 2.06. The van der Waals surface area contributed by atoms with Gasteiger partial charge < -0.3 is 0 Å². The predicted molar refractivity (Wildman–Crippen MR) is 80.6 cm³/mol. The van der Waals surface area contributed by atoms with Crippen molar-refractivity contribution in [3.63, 3.8) is 0 Å². The number of aryl methyl sites for hydroxylation is 1. The Labute approximate surface area is 123 Å². The van der Waals surface area contributed by atoms with Gasteiger partial charge in [0, 0.05) is 6.42 Å². The quantitative estimate of drug-likeness (QED) is 0.689. The number of nitrogens with zero attached hydrogens (tertiary/aromatic N) is 3. The molecule has 0 bridgehead atoms. The zero-order valence-electron chi connectivity index (χ0n) is 11.7. The molecule has 2 aromatic carbocycles. The molecule has 1 heterocycles. The molecule has 0 saturated carbocycles. The molecule has 4 nitrogen and oxygen atoms in total. The molecule has 0 atom stereocenters. The van der Waals surface area contributed by atoms with Crippen molar-refractivity contribution in [1.82, 2.24) is 15.0 Å². The summed E-state index contributed by atoms with van der Waals surface area (Å²) in [5.74, 6) is -0.0268. The van der Waals surface area contributed by atoms with Gasteiger partial charge in [0.25, 0.3) is 0 Å². The van der Waals surface area contributed by atoms with E-state index in [2.05, 4.69) is 10.2 Å². The average molecular weight is 277 g/mol. The van der Waals surface area contributed by atoms with Gasteiger partial charge in [-0.25, -0.2) is 0 Å². The number of carbonyl (C=O) groups is 1. The van der Waals surface area contributed by atoms with Crippen molar-refractivity contribution in [2.24, 2.45) is 0 Å². The summed E-state index contributed by atoms with van der Waals surface area (Å²) in [6, 6.07) is 17.5. The van der Waals surface area contributed by atoms with Gasteiger partial charge >= 0.3 is 0 Å². The van der Waals surface area contributed by atoms with Crippen LogP contribution in [0.3, 0.4) is 0 Å². The zero-order chi connectivity index (χ0) is 14.7. The molecule has 3 aromatic rings. The molecule has 0 aliphatic carbocycles. The maximum absolute atomic E-state index is 12.2. The fraction of sp³-hybridized carbons (Fsp3) is 0.118. The summed E-state index contributed by atoms with van der Waals surface area (Å²) >= 11 is 0. The average Bonchev–Trinajstić information content (AvgIpc) is 3.00. The molecule has 0 fully saturated rings. The lowest BCUT2D eigenvalue weighted by Crippen LogP contribution is -2.06. The maximum Gasteiger partial charge on any atom is 0.189 e. The Balaban J connectivity index is 1.77. The zero-order valence-corrected chi connectivity index (χ0v) is 11.7. The van der Waals surface area contributed by atoms with Crippen LogP contribution in [0, 0.1) is 6.92 Å². The molecule has 0 N–H and O–H groups in total. The molecule has 0 aliphatic rings. The Morgan fingerprint density at radius 3 is 2.48 bits per heavy atom. The van der Waals surface area contributed by atoms with E-state index in [4.69, 9.17) is 0 Å². The first-order chi connectivity index (χ1) is 10.2. The summed E-state index contributed by atoms with van der Waals surface area (Å²) < 4.78 is 0. The second-order valence-electron chi connectivity index (χ2n) is 4.94. The number of para-hydroxylation sites is 1. The molecular weight excluding hydrogens is 262 g/mol. The highest BCUT2D eigenvalue weighted by Crippen LogP contribution is 2.09. The second-order valence-corrected chi connectivity index (χ2v) is 4.94. The van der Waals surface area contributed by atoms with Crippen LogP contribution in [0.1, 0.15) is 21.6 Å². The SMILES string of the molecule is Cc1ccc(CC(=O)c2cnn(-c3ccccc3)n2)cc1. The highest BCUT2D eigenvalue weighted by atomic mass is 16.1. The molecule has 21 heavy (non-hydrogen) atoms. The van der Waals surface area contributed by atoms with Crippen LogP contribution >= 0.6 is 0 Å². The lowest BCUT2D eigenvalue weighted by molar-refractivity contribution is 0.0988. The van der Waals surface area contributed by atoms with Crippen molar-refractivity contribution in [2.75, 3.05) is 0 Å². The van der Waals surface area contributed by atoms with Crippen LogP contribution in [-0.2, 0) is 6.42 Å². The number of hydrogen-bond acceptors (Lipinski definition) is 3. The molecule has 104 valence electrons. The van der Waals surface area contributed by atoms with Crippen LogP contribution in [0.25, 0.3) is 5.69 Å². The lowest BCUT2D eigenvalue weighted by Gasteiger charge is -2.00. The highest BCUT2D eigenvalue weighted by Gasteiger charge is 2.12. The summed E-state index contributed by atoms with van der Waals surface area (Å²) in [7, 11) is 0. The van der Waals surface area contributed by atoms with Gasteiger partial charge in [-0.15, -0.1) is 5.10 Å². The Morgan fingerprint density at radius 1 is 1.05 bits per heavy atom. The molecule has 0 aliphatic heterocycles. The molecule has 0 amide bonds. The van der Waals surface area contributed by atoms with Gasteiger partial charge in [-0.2, -0.15) is 9.90 Å². The van der Waals surface area contributed by atoms with E-state index in [0.717, 1.165) is 11.3 Å². The summed E-state index contributed by atoms with van der Waals surface area (Å²) in [4.78, 5) is 13.7. The van der Waals surface area contributed by atoms with E-state index in [1.165, 1.54) is 16.6 Å². The van der Waals surface area contributed by atoms with Crippen LogP contribution in [-0.4, -0.2) is 20.8 Å². The maximum atomic E-state index is 12.2. The van der Waals surface area contributed by atoms with Gasteiger partial charge in [0.1, 0.15) is 5.69 Å². The number of rotatable bonds is 4. The van der Waals surface area contributed by atoms with Gasteiger partial charge in [-0.1, -0.05) is 48.0 Å². The van der Waals surface area contributed by atoms with Crippen LogP contribution < -0.4 is 0 Å². The molecule has 0 unspecified atom stereocenters. The smallest absolute Gasteiger partial charge is 0.189 e. The molecular formula is C17H15N3O. The standard InChI is InChI=1S/C17H15N3O/c1-13-7-9-14(10-8-13)11-17(21)16-12-18-20(19-16)15-5-3-2-4-6-15/h2-10,12H,11H2,1H3. The summed E-state index contributed by atoms with van der Waals surface area (Å²) in [6.07, 6.45) is 1.86. The van der Waals surface area contributed by atoms with Crippen LogP contribution in [0.15, 0.2) is 60.8 Å². The molecule has 1 aromatic heterocycles. The molecule has 0 spiro atoms. The van der Waals surface area contributed by atoms with Gasteiger partial charge in [-0.3, -0.25) is 4.79 Å². The fourth-order valence-electron chi connectivity index (χ4n) is 2.06. The number of Topliss-reactive ketones (excluding diaryl/α,β-unsaturated/α-hetero) is 1. The third kappa shape index (κ3) is 3.05. The summed E-state index contributed by atoms with van der Waals surface area (Å²) in [5, 5.41) is 8.40. The Bertz CT molecular complexity index is 745. The van der Waals surface area contributed by atoms with Gasteiger partial charge in [-0.05, 0) is 24.6 Å². The van der Waals surface area contributed by atoms with E-state index >= 15 is 0 Å².